The van der Waals surface area contributed by atoms with Crippen molar-refractivity contribution in [3.8, 4) is 5.75 Å². The van der Waals surface area contributed by atoms with E-state index >= 15 is 0 Å². The molecule has 4 rings (SSSR count). The summed E-state index contributed by atoms with van der Waals surface area (Å²) in [6.07, 6.45) is -1.61. The molecule has 1 saturated heterocycles. The Bertz CT molecular complexity index is 1090. The van der Waals surface area contributed by atoms with E-state index in [1.807, 2.05) is 0 Å². The maximum atomic E-state index is 12.4. The van der Waals surface area contributed by atoms with E-state index in [-0.39, 0.29) is 18.6 Å². The fourth-order valence-corrected chi connectivity index (χ4v) is 6.84. The van der Waals surface area contributed by atoms with E-state index < -0.39 is 54.9 Å². The van der Waals surface area contributed by atoms with Gasteiger partial charge in [0.1, 0.15) is 29.6 Å². The molecule has 5 N–H and O–H groups in total. The second-order valence-electron chi connectivity index (χ2n) is 9.81. The van der Waals surface area contributed by atoms with Crippen LogP contribution in [0.25, 0.3) is 0 Å². The number of benzene rings is 1. The van der Waals surface area contributed by atoms with Gasteiger partial charge in [0.2, 0.25) is 12.3 Å². The Labute approximate surface area is 226 Å². The summed E-state index contributed by atoms with van der Waals surface area (Å²) in [5, 5.41) is 38.4. The highest BCUT2D eigenvalue weighted by atomic mass is 32.5. The second-order valence-corrected chi connectivity index (χ2v) is 12.9. The second kappa shape index (κ2) is 11.6. The van der Waals surface area contributed by atoms with Crippen LogP contribution in [0.5, 0.6) is 5.75 Å². The molecule has 2 fully saturated rings. The van der Waals surface area contributed by atoms with Gasteiger partial charge in [0, 0.05) is 12.3 Å². The van der Waals surface area contributed by atoms with Crippen LogP contribution < -0.4 is 14.9 Å². The summed E-state index contributed by atoms with van der Waals surface area (Å²) in [7, 11) is 0. The first-order valence-corrected chi connectivity index (χ1v) is 15.0. The van der Waals surface area contributed by atoms with Gasteiger partial charge in [0.25, 0.3) is 0 Å². The number of rotatable bonds is 11. The van der Waals surface area contributed by atoms with Crippen LogP contribution in [-0.4, -0.2) is 81.2 Å². The van der Waals surface area contributed by atoms with E-state index in [1.54, 1.807) is 51.1 Å². The summed E-state index contributed by atoms with van der Waals surface area (Å²) in [6, 6.07) is 7.82. The van der Waals surface area contributed by atoms with Gasteiger partial charge >= 0.3 is 12.6 Å². The summed E-state index contributed by atoms with van der Waals surface area (Å²) in [4.78, 5) is 25.3. The van der Waals surface area contributed by atoms with Crippen molar-refractivity contribution in [3.05, 3.63) is 42.6 Å². The predicted octanol–water partition coefficient (Wildman–Crippen LogP) is 0.685. The number of carbonyl (C=O) groups excluding carboxylic acids is 2. The van der Waals surface area contributed by atoms with Gasteiger partial charge in [-0.3, -0.25) is 9.59 Å². The summed E-state index contributed by atoms with van der Waals surface area (Å²) < 4.78 is 23.3. The van der Waals surface area contributed by atoms with Crippen molar-refractivity contribution >= 4 is 30.3 Å². The third-order valence-electron chi connectivity index (χ3n) is 6.41. The summed E-state index contributed by atoms with van der Waals surface area (Å²) in [5.74, 6) is -0.913. The highest BCUT2D eigenvalue weighted by Crippen LogP contribution is 2.51. The van der Waals surface area contributed by atoms with E-state index in [1.165, 1.54) is 17.2 Å². The first-order valence-electron chi connectivity index (χ1n) is 12.4. The molecule has 0 spiro atoms. The molecule has 210 valence electrons. The van der Waals surface area contributed by atoms with Gasteiger partial charge in [0.15, 0.2) is 6.23 Å². The van der Waals surface area contributed by atoms with Gasteiger partial charge in [-0.05, 0) is 63.5 Å². The average Bonchev–Trinajstić information content (AvgIpc) is 3.67. The lowest BCUT2D eigenvalue weighted by Gasteiger charge is -2.41. The van der Waals surface area contributed by atoms with Crippen LogP contribution in [0.15, 0.2) is 42.6 Å². The zero-order valence-corrected chi connectivity index (χ0v) is 23.0. The molecule has 38 heavy (non-hydrogen) atoms. The topological polar surface area (TPSA) is 159 Å². The van der Waals surface area contributed by atoms with Crippen LogP contribution in [0.1, 0.15) is 33.6 Å². The molecule has 3 aliphatic rings. The highest BCUT2D eigenvalue weighted by molar-refractivity contribution is 8.09. The zero-order valence-electron chi connectivity index (χ0n) is 21.3. The van der Waals surface area contributed by atoms with Crippen LogP contribution >= 0.6 is 6.64 Å². The molecule has 7 atom stereocenters. The van der Waals surface area contributed by atoms with Crippen LogP contribution in [0.4, 0.5) is 0 Å². The molecule has 3 unspecified atom stereocenters. The van der Waals surface area contributed by atoms with Crippen molar-refractivity contribution in [2.45, 2.75) is 76.1 Å². The molecule has 1 saturated carbocycles. The van der Waals surface area contributed by atoms with E-state index in [9.17, 15) is 24.9 Å². The standard InChI is InChI=1S/C24H34N3O9PS/c1-14(2)34-21(30)15(3)26-37(38,36-17-7-5-4-6-8-17)33-13-18-20(29)24(32,16-9-10-16)22(35-18)27-12-11-19(28)25-23(27)31/h4-8,11-12,14-16,18,20,22-23,29,31-32H,9-10,13H2,1-3H3,(H,25,28)(H,26,38)/t15?,18-,20-,22-,23?,24-,37?/m1/s1. The lowest BCUT2D eigenvalue weighted by atomic mass is 9.88. The maximum Gasteiger partial charge on any atom is 0.323 e. The molecule has 1 aromatic carbocycles. The van der Waals surface area contributed by atoms with E-state index in [2.05, 4.69) is 10.4 Å². The Morgan fingerprint density at radius 1 is 1.29 bits per heavy atom. The van der Waals surface area contributed by atoms with Crippen LogP contribution in [-0.2, 0) is 35.4 Å². The Balaban J connectivity index is 1.52. The molecule has 1 amide bonds. The largest absolute Gasteiger partial charge is 0.462 e. The molecular weight excluding hydrogens is 537 g/mol. The van der Waals surface area contributed by atoms with Crippen LogP contribution in [0, 0.1) is 5.92 Å². The molecule has 0 aromatic heterocycles. The zero-order chi connectivity index (χ0) is 27.7. The number of aliphatic hydroxyl groups is 3. The van der Waals surface area contributed by atoms with Crippen molar-refractivity contribution in [3.63, 3.8) is 0 Å². The SMILES string of the molecule is CC(C)OC(=O)C(C)NP(=S)(OC[C@H]1O[C@@H](N2C=CC(=O)NC2O)[C@@](O)(C2CC2)[C@@H]1O)Oc1ccccc1. The fraction of sp³-hybridized carbons (Fsp3) is 0.583. The molecule has 0 bridgehead atoms. The molecule has 12 nitrogen and oxygen atoms in total. The lowest BCUT2D eigenvalue weighted by Crippen LogP contribution is -2.61. The average molecular weight is 572 g/mol. The quantitative estimate of drug-likeness (QED) is 0.187. The summed E-state index contributed by atoms with van der Waals surface area (Å²) in [5.41, 5.74) is -1.74. The fourth-order valence-electron chi connectivity index (χ4n) is 4.42. The summed E-state index contributed by atoms with van der Waals surface area (Å²) >= 11 is 5.71. The number of aliphatic hydroxyl groups excluding tert-OH is 2. The highest BCUT2D eigenvalue weighted by Gasteiger charge is 2.64. The van der Waals surface area contributed by atoms with Gasteiger partial charge in [0.05, 0.1) is 12.7 Å². The van der Waals surface area contributed by atoms with Crippen LogP contribution in [0.3, 0.4) is 0 Å². The van der Waals surface area contributed by atoms with E-state index in [4.69, 9.17) is 30.3 Å². The Hall–Kier alpha value is -2.09. The molecule has 14 heteroatoms. The third kappa shape index (κ3) is 6.37. The lowest BCUT2D eigenvalue weighted by molar-refractivity contribution is -0.185. The first kappa shape index (κ1) is 28.9. The molecule has 1 aromatic rings. The van der Waals surface area contributed by atoms with Crippen molar-refractivity contribution in [2.24, 2.45) is 5.92 Å². The number of amides is 1. The van der Waals surface area contributed by atoms with Crippen molar-refractivity contribution in [1.82, 2.24) is 15.3 Å². The van der Waals surface area contributed by atoms with E-state index in [0.29, 0.717) is 18.6 Å². The third-order valence-corrected chi connectivity index (χ3v) is 8.91. The maximum absolute atomic E-state index is 12.4. The van der Waals surface area contributed by atoms with Gasteiger partial charge in [-0.25, -0.2) is 5.09 Å². The minimum absolute atomic E-state index is 0.279. The number of hydrogen-bond donors (Lipinski definition) is 5. The number of nitrogens with one attached hydrogen (secondary N) is 2. The van der Waals surface area contributed by atoms with Crippen LogP contribution in [0.2, 0.25) is 0 Å². The molecule has 2 aliphatic heterocycles. The number of carbonyl (C=O) groups is 2. The minimum atomic E-state index is -3.42. The van der Waals surface area contributed by atoms with Crippen molar-refractivity contribution in [2.75, 3.05) is 6.61 Å². The van der Waals surface area contributed by atoms with Gasteiger partial charge in [-0.1, -0.05) is 18.2 Å². The minimum Gasteiger partial charge on any atom is -0.462 e. The molecule has 2 heterocycles. The molecule has 0 radical (unpaired) electrons. The molecule has 1 aliphatic carbocycles. The normalized spacial score (nSPS) is 31.6. The molecular formula is C24H34N3O9PS. The van der Waals surface area contributed by atoms with Crippen molar-refractivity contribution < 1.29 is 43.4 Å². The van der Waals surface area contributed by atoms with Crippen molar-refractivity contribution in [1.29, 1.82) is 0 Å². The van der Waals surface area contributed by atoms with E-state index in [0.717, 1.165) is 0 Å². The number of ether oxygens (including phenoxy) is 2. The number of para-hydroxylation sites is 1. The Morgan fingerprint density at radius 2 is 1.97 bits per heavy atom. The summed E-state index contributed by atoms with van der Waals surface area (Å²) in [6.45, 7) is 1.32. The predicted molar refractivity (Wildman–Crippen MR) is 139 cm³/mol. The Morgan fingerprint density at radius 3 is 2.58 bits per heavy atom. The number of hydrogen-bond acceptors (Lipinski definition) is 11. The van der Waals surface area contributed by atoms with Gasteiger partial charge in [-0.2, -0.15) is 0 Å². The monoisotopic (exact) mass is 571 g/mol. The van der Waals surface area contributed by atoms with Gasteiger partial charge < -0.3 is 44.1 Å². The first-order chi connectivity index (χ1) is 17.9. The number of esters is 1. The smallest absolute Gasteiger partial charge is 0.323 e. The Kier molecular flexibility index (Phi) is 8.80. The van der Waals surface area contributed by atoms with Gasteiger partial charge in [-0.15, -0.1) is 0 Å². The number of nitrogens with zero attached hydrogens (tertiary/aromatic N) is 1.